The van der Waals surface area contributed by atoms with Crippen molar-refractivity contribution >= 4 is 40.9 Å². The molecule has 0 spiro atoms. The molecule has 4 unspecified atom stereocenters. The summed E-state index contributed by atoms with van der Waals surface area (Å²) < 4.78 is 0. The van der Waals surface area contributed by atoms with Gasteiger partial charge in [0.25, 0.3) is 0 Å². The lowest BCUT2D eigenvalue weighted by atomic mass is 10.0. The quantitative estimate of drug-likeness (QED) is 0.109. The molecule has 0 radical (unpaired) electrons. The van der Waals surface area contributed by atoms with Crippen LogP contribution in [-0.4, -0.2) is 83.7 Å². The second-order valence-corrected chi connectivity index (χ2v) is 11.2. The molecule has 1 aromatic heterocycles. The highest BCUT2D eigenvalue weighted by molar-refractivity contribution is 6.11. The van der Waals surface area contributed by atoms with Gasteiger partial charge in [0.2, 0.25) is 23.8 Å². The molecule has 228 valence electrons. The van der Waals surface area contributed by atoms with Gasteiger partial charge in [-0.3, -0.25) is 14.5 Å². The maximum absolute atomic E-state index is 12.9. The minimum atomic E-state index is -0.375. The van der Waals surface area contributed by atoms with Gasteiger partial charge in [0.05, 0.1) is 13.1 Å². The molecule has 4 atom stereocenters. The standard InChI is InChI=1S/C29H40N12O2/c30-17-41(24-4-2-1-3-5-24)26(43)12-25(42)18-6-8-23(9-7-18)35-27-36-28(39-13-19(31)10-20(32)14-39)38-29(37-27)40-15-21(33)11-22(34)16-40/h1-9,19-22H,10-17,30-34H2,(H,35,36,37,38). The molecule has 2 saturated heterocycles. The van der Waals surface area contributed by atoms with Gasteiger partial charge in [0, 0.05) is 67.3 Å². The van der Waals surface area contributed by atoms with E-state index in [2.05, 4.69) is 15.3 Å². The Hall–Kier alpha value is -4.21. The number of piperidine rings is 2. The van der Waals surface area contributed by atoms with Crippen LogP contribution in [0.25, 0.3) is 0 Å². The number of hydrogen-bond donors (Lipinski definition) is 6. The lowest BCUT2D eigenvalue weighted by Gasteiger charge is -2.37. The molecule has 2 aliphatic rings. The first kappa shape index (κ1) is 30.3. The molecule has 2 aromatic carbocycles. The number of Topliss-reactive ketones (excluding diaryl/α,β-unsaturated/α-hetero) is 1. The average molecular weight is 589 g/mol. The van der Waals surface area contributed by atoms with Crippen LogP contribution in [0, 0.1) is 0 Å². The Kier molecular flexibility index (Phi) is 9.43. The summed E-state index contributed by atoms with van der Waals surface area (Å²) in [6, 6.07) is 15.4. The maximum Gasteiger partial charge on any atom is 0.235 e. The largest absolute Gasteiger partial charge is 0.338 e. The number of hydrogen-bond acceptors (Lipinski definition) is 13. The van der Waals surface area contributed by atoms with E-state index in [4.69, 9.17) is 33.7 Å². The Balaban J connectivity index is 1.33. The fourth-order valence-electron chi connectivity index (χ4n) is 5.54. The second-order valence-electron chi connectivity index (χ2n) is 11.2. The summed E-state index contributed by atoms with van der Waals surface area (Å²) in [5, 5.41) is 3.22. The Morgan fingerprint density at radius 3 is 1.77 bits per heavy atom. The number of aromatic nitrogens is 3. The van der Waals surface area contributed by atoms with E-state index in [1.165, 1.54) is 4.90 Å². The fraction of sp³-hybridized carbons (Fsp3) is 0.414. The van der Waals surface area contributed by atoms with Crippen molar-refractivity contribution in [3.05, 3.63) is 60.2 Å². The third kappa shape index (κ3) is 7.60. The lowest BCUT2D eigenvalue weighted by Crippen LogP contribution is -2.54. The summed E-state index contributed by atoms with van der Waals surface area (Å²) in [7, 11) is 0. The zero-order chi connectivity index (χ0) is 30.5. The van der Waals surface area contributed by atoms with Gasteiger partial charge in [0.1, 0.15) is 0 Å². The second kappa shape index (κ2) is 13.4. The van der Waals surface area contributed by atoms with Gasteiger partial charge in [0.15, 0.2) is 5.78 Å². The summed E-state index contributed by atoms with van der Waals surface area (Å²) >= 11 is 0. The van der Waals surface area contributed by atoms with Crippen molar-refractivity contribution in [2.45, 2.75) is 43.4 Å². The third-order valence-electron chi connectivity index (χ3n) is 7.53. The minimum Gasteiger partial charge on any atom is -0.338 e. The van der Waals surface area contributed by atoms with Crippen molar-refractivity contribution in [2.24, 2.45) is 28.7 Å². The molecule has 11 N–H and O–H groups in total. The zero-order valence-electron chi connectivity index (χ0n) is 24.0. The van der Waals surface area contributed by atoms with Gasteiger partial charge >= 0.3 is 0 Å². The normalized spacial score (nSPS) is 22.3. The van der Waals surface area contributed by atoms with Crippen LogP contribution in [0.15, 0.2) is 54.6 Å². The van der Waals surface area contributed by atoms with Gasteiger partial charge < -0.3 is 43.8 Å². The number of nitrogens with two attached hydrogens (primary N) is 5. The van der Waals surface area contributed by atoms with E-state index in [-0.39, 0.29) is 48.9 Å². The summed E-state index contributed by atoms with van der Waals surface area (Å²) in [6.07, 6.45) is 1.14. The van der Waals surface area contributed by atoms with Crippen LogP contribution in [0.4, 0.5) is 29.2 Å². The molecule has 43 heavy (non-hydrogen) atoms. The van der Waals surface area contributed by atoms with Gasteiger partial charge in [-0.05, 0) is 49.2 Å². The Labute approximate surface area is 250 Å². The van der Waals surface area contributed by atoms with Crippen molar-refractivity contribution in [3.63, 3.8) is 0 Å². The molecular formula is C29H40N12O2. The van der Waals surface area contributed by atoms with Gasteiger partial charge in [-0.15, -0.1) is 0 Å². The van der Waals surface area contributed by atoms with Crippen molar-refractivity contribution in [3.8, 4) is 0 Å². The third-order valence-corrected chi connectivity index (χ3v) is 7.53. The number of benzene rings is 2. The van der Waals surface area contributed by atoms with Crippen LogP contribution < -0.4 is 48.7 Å². The van der Waals surface area contributed by atoms with Crippen molar-refractivity contribution in [1.82, 2.24) is 15.0 Å². The summed E-state index contributed by atoms with van der Waals surface area (Å²) in [4.78, 5) is 45.2. The highest BCUT2D eigenvalue weighted by Gasteiger charge is 2.29. The SMILES string of the molecule is NCN(C(=O)CC(=O)c1ccc(Nc2nc(N3CC(N)CC(N)C3)nc(N3CC(N)CC(N)C3)n2)cc1)c1ccccc1. The molecule has 14 heteroatoms. The summed E-state index contributed by atoms with van der Waals surface area (Å²) in [5.41, 5.74) is 32.5. The molecule has 14 nitrogen and oxygen atoms in total. The number of para-hydroxylation sites is 1. The molecule has 5 rings (SSSR count). The lowest BCUT2D eigenvalue weighted by molar-refractivity contribution is -0.117. The van der Waals surface area contributed by atoms with Crippen LogP contribution in [0.1, 0.15) is 29.6 Å². The first-order valence-corrected chi connectivity index (χ1v) is 14.4. The van der Waals surface area contributed by atoms with E-state index in [0.717, 1.165) is 12.8 Å². The summed E-state index contributed by atoms with van der Waals surface area (Å²) in [6.45, 7) is 2.24. The number of rotatable bonds is 9. The van der Waals surface area contributed by atoms with E-state index in [1.54, 1.807) is 36.4 Å². The Morgan fingerprint density at radius 1 is 0.767 bits per heavy atom. The predicted molar refractivity (Wildman–Crippen MR) is 167 cm³/mol. The number of anilines is 5. The van der Waals surface area contributed by atoms with Crippen LogP contribution in [0.5, 0.6) is 0 Å². The van der Waals surface area contributed by atoms with Gasteiger partial charge in [-0.1, -0.05) is 18.2 Å². The highest BCUT2D eigenvalue weighted by Crippen LogP contribution is 2.24. The monoisotopic (exact) mass is 588 g/mol. The summed E-state index contributed by atoms with van der Waals surface area (Å²) in [5.74, 6) is 0.542. The van der Waals surface area contributed by atoms with E-state index in [0.29, 0.717) is 61.0 Å². The number of amides is 1. The molecule has 0 bridgehead atoms. The molecule has 3 aromatic rings. The molecule has 3 heterocycles. The van der Waals surface area contributed by atoms with E-state index in [1.807, 2.05) is 28.0 Å². The van der Waals surface area contributed by atoms with E-state index < -0.39 is 0 Å². The Morgan fingerprint density at radius 2 is 1.28 bits per heavy atom. The van der Waals surface area contributed by atoms with Crippen molar-refractivity contribution in [1.29, 1.82) is 0 Å². The first-order valence-electron chi connectivity index (χ1n) is 14.4. The number of nitrogens with zero attached hydrogens (tertiary/aromatic N) is 6. The molecule has 2 aliphatic heterocycles. The highest BCUT2D eigenvalue weighted by atomic mass is 16.2. The average Bonchev–Trinajstić information content (AvgIpc) is 2.97. The smallest absolute Gasteiger partial charge is 0.235 e. The van der Waals surface area contributed by atoms with Crippen LogP contribution >= 0.6 is 0 Å². The van der Waals surface area contributed by atoms with E-state index >= 15 is 0 Å². The topological polar surface area (TPSA) is 225 Å². The predicted octanol–water partition coefficient (Wildman–Crippen LogP) is -0.133. The van der Waals surface area contributed by atoms with Gasteiger partial charge in [-0.2, -0.15) is 15.0 Å². The number of ketones is 1. The minimum absolute atomic E-state index is 0.0283. The van der Waals surface area contributed by atoms with Crippen molar-refractivity contribution < 1.29 is 9.59 Å². The van der Waals surface area contributed by atoms with Crippen LogP contribution in [0.3, 0.4) is 0 Å². The zero-order valence-corrected chi connectivity index (χ0v) is 24.0. The molecule has 2 fully saturated rings. The van der Waals surface area contributed by atoms with Gasteiger partial charge in [-0.25, -0.2) is 0 Å². The van der Waals surface area contributed by atoms with Crippen LogP contribution in [-0.2, 0) is 4.79 Å². The van der Waals surface area contributed by atoms with Crippen molar-refractivity contribution in [2.75, 3.05) is 52.9 Å². The number of nitrogens with one attached hydrogen (secondary N) is 1. The maximum atomic E-state index is 12.9. The van der Waals surface area contributed by atoms with Crippen LogP contribution in [0.2, 0.25) is 0 Å². The molecule has 0 aliphatic carbocycles. The number of carbonyl (C=O) groups excluding carboxylic acids is 2. The fourth-order valence-corrected chi connectivity index (χ4v) is 5.54. The van der Waals surface area contributed by atoms with E-state index in [9.17, 15) is 9.59 Å². The Bertz CT molecular complexity index is 1340. The first-order chi connectivity index (χ1) is 20.7. The molecular weight excluding hydrogens is 548 g/mol. The molecule has 0 saturated carbocycles. The molecule has 1 amide bonds. The number of carbonyl (C=O) groups is 2.